The fraction of sp³-hybridized carbons (Fsp3) is 0.833. The van der Waals surface area contributed by atoms with Crippen LogP contribution in [0.25, 0.3) is 0 Å². The van der Waals surface area contributed by atoms with E-state index >= 15 is 0 Å². The van der Waals surface area contributed by atoms with Crippen molar-refractivity contribution in [3.05, 3.63) is 0 Å². The van der Waals surface area contributed by atoms with E-state index in [9.17, 15) is 13.2 Å². The average molecular weight is 212 g/mol. The van der Waals surface area contributed by atoms with Gasteiger partial charge in [0, 0.05) is 0 Å². The summed E-state index contributed by atoms with van der Waals surface area (Å²) in [4.78, 5) is 10.3. The van der Waals surface area contributed by atoms with Crippen molar-refractivity contribution in [2.45, 2.75) is 6.92 Å². The summed E-state index contributed by atoms with van der Waals surface area (Å²) >= 11 is 0. The number of carboxylic acids is 1. The molecule has 0 aliphatic carbocycles. The summed E-state index contributed by atoms with van der Waals surface area (Å²) in [6, 6.07) is 0. The molecule has 0 rings (SSSR count). The monoisotopic (exact) mass is 212 g/mol. The molecule has 0 aromatic carbocycles. The van der Waals surface area contributed by atoms with Crippen molar-refractivity contribution >= 4 is 16.1 Å². The lowest BCUT2D eigenvalue weighted by molar-refractivity contribution is -0.144. The fourth-order valence-electron chi connectivity index (χ4n) is 0.418. The molecule has 0 amide bonds. The minimum Gasteiger partial charge on any atom is -0.481 e. The van der Waals surface area contributed by atoms with Gasteiger partial charge in [-0.25, -0.2) is 4.18 Å². The molecule has 0 aromatic heterocycles. The summed E-state index contributed by atoms with van der Waals surface area (Å²) in [5, 5.41) is 8.40. The predicted molar refractivity (Wildman–Crippen MR) is 43.5 cm³/mol. The third-order valence-electron chi connectivity index (χ3n) is 1.13. The molecule has 1 N–H and O–H groups in total. The van der Waals surface area contributed by atoms with Crippen LogP contribution in [0.1, 0.15) is 6.92 Å². The van der Waals surface area contributed by atoms with Crippen LogP contribution >= 0.6 is 0 Å². The van der Waals surface area contributed by atoms with Crippen LogP contribution < -0.4 is 0 Å². The van der Waals surface area contributed by atoms with Gasteiger partial charge in [0.1, 0.15) is 0 Å². The highest BCUT2D eigenvalue weighted by Crippen LogP contribution is 1.96. The first kappa shape index (κ1) is 12.3. The quantitative estimate of drug-likeness (QED) is 0.368. The van der Waals surface area contributed by atoms with Crippen LogP contribution in [0, 0.1) is 5.92 Å². The molecular weight excluding hydrogens is 200 g/mol. The van der Waals surface area contributed by atoms with Crippen molar-refractivity contribution in [1.82, 2.24) is 0 Å². The Labute approximate surface area is 76.6 Å². The molecule has 13 heavy (non-hydrogen) atoms. The second-order valence-corrected chi connectivity index (χ2v) is 4.19. The Kier molecular flexibility index (Phi) is 4.89. The maximum absolute atomic E-state index is 10.4. The molecule has 0 fully saturated rings. The molecule has 0 heterocycles. The number of carbonyl (C=O) groups is 1. The highest BCUT2D eigenvalue weighted by atomic mass is 32.2. The number of aliphatic carboxylic acids is 1. The van der Waals surface area contributed by atoms with Gasteiger partial charge in [-0.05, 0) is 6.92 Å². The van der Waals surface area contributed by atoms with Gasteiger partial charge in [0.15, 0.2) is 6.79 Å². The zero-order valence-electron chi connectivity index (χ0n) is 7.39. The van der Waals surface area contributed by atoms with Crippen molar-refractivity contribution in [1.29, 1.82) is 0 Å². The molecule has 0 aliphatic heterocycles. The number of hydrogen-bond acceptors (Lipinski definition) is 5. The third-order valence-corrected chi connectivity index (χ3v) is 1.66. The lowest BCUT2D eigenvalue weighted by Gasteiger charge is -2.06. The summed E-state index contributed by atoms with van der Waals surface area (Å²) in [5.74, 6) is -1.68. The zero-order chi connectivity index (χ0) is 10.5. The predicted octanol–water partition coefficient (Wildman–Crippen LogP) is -0.343. The fourth-order valence-corrected chi connectivity index (χ4v) is 0.660. The molecule has 1 atom stereocenters. The molecule has 0 radical (unpaired) electrons. The lowest BCUT2D eigenvalue weighted by Crippen LogP contribution is -2.18. The third kappa shape index (κ3) is 7.69. The Morgan fingerprint density at radius 1 is 1.54 bits per heavy atom. The van der Waals surface area contributed by atoms with Crippen LogP contribution in [0.2, 0.25) is 0 Å². The second-order valence-electron chi connectivity index (χ2n) is 2.55. The summed E-state index contributed by atoms with van der Waals surface area (Å²) in [5.41, 5.74) is 0. The maximum Gasteiger partial charge on any atom is 0.308 e. The highest BCUT2D eigenvalue weighted by Gasteiger charge is 2.11. The Morgan fingerprint density at radius 3 is 2.46 bits per heavy atom. The van der Waals surface area contributed by atoms with E-state index in [0.29, 0.717) is 0 Å². The molecule has 0 saturated heterocycles. The van der Waals surface area contributed by atoms with Gasteiger partial charge in [0.2, 0.25) is 0 Å². The lowest BCUT2D eigenvalue weighted by atomic mass is 10.2. The van der Waals surface area contributed by atoms with Gasteiger partial charge in [-0.1, -0.05) is 0 Å². The largest absolute Gasteiger partial charge is 0.481 e. The van der Waals surface area contributed by atoms with Crippen LogP contribution in [-0.4, -0.2) is 39.1 Å². The first-order valence-electron chi connectivity index (χ1n) is 3.48. The molecular formula is C6H12O6S. The van der Waals surface area contributed by atoms with Crippen molar-refractivity contribution in [2.24, 2.45) is 5.92 Å². The van der Waals surface area contributed by atoms with Crippen molar-refractivity contribution in [3.63, 3.8) is 0 Å². The van der Waals surface area contributed by atoms with Crippen molar-refractivity contribution in [3.8, 4) is 0 Å². The molecule has 78 valence electrons. The van der Waals surface area contributed by atoms with Crippen LogP contribution in [0.4, 0.5) is 0 Å². The van der Waals surface area contributed by atoms with Crippen molar-refractivity contribution < 1.29 is 27.2 Å². The number of hydrogen-bond donors (Lipinski definition) is 1. The van der Waals surface area contributed by atoms with E-state index < -0.39 is 28.8 Å². The Balaban J connectivity index is 3.53. The molecule has 1 unspecified atom stereocenters. The molecule has 0 aromatic rings. The molecule has 7 heteroatoms. The molecule has 0 bridgehead atoms. The molecule has 0 saturated carbocycles. The SMILES string of the molecule is CC(COCOS(C)(=O)=O)C(=O)O. The minimum atomic E-state index is -3.51. The van der Waals surface area contributed by atoms with Gasteiger partial charge in [0.05, 0.1) is 18.8 Å². The van der Waals surface area contributed by atoms with Gasteiger partial charge in [-0.15, -0.1) is 0 Å². The van der Waals surface area contributed by atoms with Gasteiger partial charge in [-0.3, -0.25) is 4.79 Å². The summed E-state index contributed by atoms with van der Waals surface area (Å²) in [7, 11) is -3.51. The summed E-state index contributed by atoms with van der Waals surface area (Å²) in [6.45, 7) is 0.921. The summed E-state index contributed by atoms with van der Waals surface area (Å²) < 4.78 is 29.6. The van der Waals surface area contributed by atoms with E-state index in [1.807, 2.05) is 0 Å². The molecule has 0 aliphatic rings. The Morgan fingerprint density at radius 2 is 2.08 bits per heavy atom. The number of carboxylic acid groups (broad SMARTS) is 1. The highest BCUT2D eigenvalue weighted by molar-refractivity contribution is 7.85. The van der Waals surface area contributed by atoms with Crippen LogP contribution in [0.15, 0.2) is 0 Å². The number of rotatable bonds is 6. The average Bonchev–Trinajstić information content (AvgIpc) is 1.95. The van der Waals surface area contributed by atoms with E-state index in [1.165, 1.54) is 6.92 Å². The Hall–Kier alpha value is -0.660. The normalized spacial score (nSPS) is 14.0. The summed E-state index contributed by atoms with van der Waals surface area (Å²) in [6.07, 6.45) is 0.886. The van der Waals surface area contributed by atoms with E-state index in [0.717, 1.165) is 6.26 Å². The topological polar surface area (TPSA) is 89.9 Å². The van der Waals surface area contributed by atoms with E-state index in [2.05, 4.69) is 8.92 Å². The first-order chi connectivity index (χ1) is 5.83. The van der Waals surface area contributed by atoms with Crippen LogP contribution in [0.3, 0.4) is 0 Å². The number of ether oxygens (including phenoxy) is 1. The first-order valence-corrected chi connectivity index (χ1v) is 5.29. The smallest absolute Gasteiger partial charge is 0.308 e. The standard InChI is InChI=1S/C6H12O6S/c1-5(6(7)8)3-11-4-12-13(2,9)10/h5H,3-4H2,1-2H3,(H,7,8). The van der Waals surface area contributed by atoms with E-state index in [4.69, 9.17) is 5.11 Å². The van der Waals surface area contributed by atoms with E-state index in [-0.39, 0.29) is 6.61 Å². The van der Waals surface area contributed by atoms with Gasteiger partial charge < -0.3 is 9.84 Å². The van der Waals surface area contributed by atoms with Crippen LogP contribution in [0.5, 0.6) is 0 Å². The van der Waals surface area contributed by atoms with Gasteiger partial charge >= 0.3 is 5.97 Å². The van der Waals surface area contributed by atoms with Crippen molar-refractivity contribution in [2.75, 3.05) is 19.7 Å². The molecule has 0 spiro atoms. The maximum atomic E-state index is 10.4. The van der Waals surface area contributed by atoms with Gasteiger partial charge in [0.25, 0.3) is 10.1 Å². The van der Waals surface area contributed by atoms with Crippen LogP contribution in [-0.2, 0) is 23.8 Å². The van der Waals surface area contributed by atoms with Gasteiger partial charge in [-0.2, -0.15) is 8.42 Å². The Bertz CT molecular complexity index is 256. The minimum absolute atomic E-state index is 0.0785. The second kappa shape index (κ2) is 5.15. The van der Waals surface area contributed by atoms with E-state index in [1.54, 1.807) is 0 Å². The molecule has 6 nitrogen and oxygen atoms in total. The zero-order valence-corrected chi connectivity index (χ0v) is 8.20.